The molecule has 58 valence electrons. The predicted octanol–water partition coefficient (Wildman–Crippen LogP) is 1.50. The van der Waals surface area contributed by atoms with Crippen molar-refractivity contribution in [2.45, 2.75) is 19.8 Å². The lowest BCUT2D eigenvalue weighted by Gasteiger charge is -2.31. The minimum atomic E-state index is 0.375. The van der Waals surface area contributed by atoms with E-state index in [9.17, 15) is 0 Å². The highest BCUT2D eigenvalue weighted by molar-refractivity contribution is 5.23. The van der Waals surface area contributed by atoms with Gasteiger partial charge in [-0.3, -0.25) is 0 Å². The standard InChI is InChI=1S/C8H15NO/c1-8(7-9-2)3-5-10-6-4-8/h2-7H2,1H3. The van der Waals surface area contributed by atoms with E-state index in [1.54, 1.807) is 0 Å². The normalized spacial score (nSPS) is 24.1. The van der Waals surface area contributed by atoms with E-state index < -0.39 is 0 Å². The van der Waals surface area contributed by atoms with Gasteiger partial charge in [0.05, 0.1) is 0 Å². The predicted molar refractivity (Wildman–Crippen MR) is 42.6 cm³/mol. The van der Waals surface area contributed by atoms with E-state index in [1.165, 1.54) is 0 Å². The molecule has 0 aromatic heterocycles. The first-order valence-electron chi connectivity index (χ1n) is 3.77. The third-order valence-electron chi connectivity index (χ3n) is 2.19. The fraction of sp³-hybridized carbons (Fsp3) is 0.875. The Morgan fingerprint density at radius 3 is 2.60 bits per heavy atom. The Balaban J connectivity index is 2.39. The molecule has 1 saturated heterocycles. The van der Waals surface area contributed by atoms with Crippen molar-refractivity contribution in [3.05, 3.63) is 0 Å². The Bertz CT molecular complexity index is 116. The molecule has 1 rings (SSSR count). The van der Waals surface area contributed by atoms with E-state index in [0.29, 0.717) is 5.41 Å². The van der Waals surface area contributed by atoms with Crippen LogP contribution in [0.2, 0.25) is 0 Å². The number of hydrogen-bond acceptors (Lipinski definition) is 2. The van der Waals surface area contributed by atoms with Gasteiger partial charge in [-0.1, -0.05) is 6.92 Å². The van der Waals surface area contributed by atoms with Crippen molar-refractivity contribution in [2.75, 3.05) is 19.8 Å². The Labute approximate surface area is 62.3 Å². The van der Waals surface area contributed by atoms with Gasteiger partial charge in [0, 0.05) is 19.8 Å². The molecule has 1 aliphatic heterocycles. The Hall–Kier alpha value is -0.370. The molecule has 0 radical (unpaired) electrons. The molecular formula is C8H15NO. The first-order valence-corrected chi connectivity index (χ1v) is 3.77. The fourth-order valence-electron chi connectivity index (χ4n) is 1.29. The number of ether oxygens (including phenoxy) is 1. The van der Waals surface area contributed by atoms with Crippen LogP contribution in [0.5, 0.6) is 0 Å². The third-order valence-corrected chi connectivity index (χ3v) is 2.19. The summed E-state index contributed by atoms with van der Waals surface area (Å²) in [6, 6.07) is 0. The topological polar surface area (TPSA) is 21.6 Å². The molecule has 0 amide bonds. The van der Waals surface area contributed by atoms with Crippen molar-refractivity contribution in [3.8, 4) is 0 Å². The highest BCUT2D eigenvalue weighted by Gasteiger charge is 2.26. The van der Waals surface area contributed by atoms with Crippen LogP contribution in [0.1, 0.15) is 19.8 Å². The van der Waals surface area contributed by atoms with Crippen molar-refractivity contribution in [3.63, 3.8) is 0 Å². The second-order valence-corrected chi connectivity index (χ2v) is 3.30. The summed E-state index contributed by atoms with van der Waals surface area (Å²) in [6.45, 7) is 8.44. The second-order valence-electron chi connectivity index (χ2n) is 3.30. The molecule has 0 saturated carbocycles. The zero-order valence-corrected chi connectivity index (χ0v) is 6.60. The minimum Gasteiger partial charge on any atom is -0.381 e. The van der Waals surface area contributed by atoms with Crippen molar-refractivity contribution >= 4 is 6.72 Å². The van der Waals surface area contributed by atoms with Gasteiger partial charge in [0.25, 0.3) is 0 Å². The van der Waals surface area contributed by atoms with E-state index in [0.717, 1.165) is 32.6 Å². The van der Waals surface area contributed by atoms with Crippen LogP contribution in [0.25, 0.3) is 0 Å². The smallest absolute Gasteiger partial charge is 0.0471 e. The lowest BCUT2D eigenvalue weighted by molar-refractivity contribution is 0.0284. The molecule has 0 aromatic rings. The maximum Gasteiger partial charge on any atom is 0.0471 e. The molecule has 0 aliphatic carbocycles. The van der Waals surface area contributed by atoms with Crippen molar-refractivity contribution in [2.24, 2.45) is 10.4 Å². The van der Waals surface area contributed by atoms with Crippen molar-refractivity contribution in [1.29, 1.82) is 0 Å². The minimum absolute atomic E-state index is 0.375. The summed E-state index contributed by atoms with van der Waals surface area (Å²) >= 11 is 0. The Morgan fingerprint density at radius 1 is 1.50 bits per heavy atom. The van der Waals surface area contributed by atoms with Gasteiger partial charge in [0.15, 0.2) is 0 Å². The third kappa shape index (κ3) is 1.81. The zero-order valence-electron chi connectivity index (χ0n) is 6.60. The van der Waals surface area contributed by atoms with Crippen LogP contribution in [0.15, 0.2) is 4.99 Å². The number of aliphatic imine (C=N–C) groups is 1. The van der Waals surface area contributed by atoms with Crippen molar-refractivity contribution < 1.29 is 4.74 Å². The summed E-state index contributed by atoms with van der Waals surface area (Å²) in [5.74, 6) is 0. The highest BCUT2D eigenvalue weighted by Crippen LogP contribution is 2.29. The lowest BCUT2D eigenvalue weighted by atomic mass is 9.83. The summed E-state index contributed by atoms with van der Waals surface area (Å²) in [7, 11) is 0. The molecule has 0 atom stereocenters. The molecule has 1 aliphatic rings. The maximum atomic E-state index is 5.25. The molecule has 0 bridgehead atoms. The zero-order chi connectivity index (χ0) is 7.45. The van der Waals surface area contributed by atoms with Gasteiger partial charge < -0.3 is 9.73 Å². The molecule has 2 heteroatoms. The summed E-state index contributed by atoms with van der Waals surface area (Å²) in [5, 5.41) is 0. The molecular weight excluding hydrogens is 126 g/mol. The molecule has 0 N–H and O–H groups in total. The molecule has 2 nitrogen and oxygen atoms in total. The maximum absolute atomic E-state index is 5.25. The van der Waals surface area contributed by atoms with Crippen LogP contribution >= 0.6 is 0 Å². The van der Waals surface area contributed by atoms with Gasteiger partial charge in [-0.05, 0) is 25.0 Å². The van der Waals surface area contributed by atoms with Crippen LogP contribution in [0, 0.1) is 5.41 Å². The van der Waals surface area contributed by atoms with E-state index >= 15 is 0 Å². The summed E-state index contributed by atoms with van der Waals surface area (Å²) in [6.07, 6.45) is 2.26. The average molecular weight is 141 g/mol. The van der Waals surface area contributed by atoms with Gasteiger partial charge >= 0.3 is 0 Å². The van der Waals surface area contributed by atoms with Crippen LogP contribution in [-0.2, 0) is 4.74 Å². The molecule has 0 spiro atoms. The van der Waals surface area contributed by atoms with Gasteiger partial charge in [-0.2, -0.15) is 0 Å². The van der Waals surface area contributed by atoms with Gasteiger partial charge in [0.2, 0.25) is 0 Å². The second kappa shape index (κ2) is 3.15. The molecule has 1 heterocycles. The van der Waals surface area contributed by atoms with E-state index in [1.807, 2.05) is 0 Å². The number of rotatable bonds is 2. The Morgan fingerprint density at radius 2 is 2.10 bits per heavy atom. The molecule has 0 unspecified atom stereocenters. The van der Waals surface area contributed by atoms with Crippen LogP contribution < -0.4 is 0 Å². The fourth-order valence-corrected chi connectivity index (χ4v) is 1.29. The van der Waals surface area contributed by atoms with Crippen LogP contribution in [-0.4, -0.2) is 26.5 Å². The largest absolute Gasteiger partial charge is 0.381 e. The van der Waals surface area contributed by atoms with Crippen LogP contribution in [0.4, 0.5) is 0 Å². The summed E-state index contributed by atoms with van der Waals surface area (Å²) < 4.78 is 5.25. The number of nitrogens with zero attached hydrogens (tertiary/aromatic N) is 1. The monoisotopic (exact) mass is 141 g/mol. The van der Waals surface area contributed by atoms with E-state index in [4.69, 9.17) is 4.74 Å². The van der Waals surface area contributed by atoms with Gasteiger partial charge in [-0.25, -0.2) is 0 Å². The van der Waals surface area contributed by atoms with Gasteiger partial charge in [0.1, 0.15) is 0 Å². The SMILES string of the molecule is C=NCC1(C)CCOCC1. The first-order chi connectivity index (χ1) is 4.77. The number of hydrogen-bond donors (Lipinski definition) is 0. The quantitative estimate of drug-likeness (QED) is 0.534. The lowest BCUT2D eigenvalue weighted by Crippen LogP contribution is -2.29. The van der Waals surface area contributed by atoms with E-state index in [-0.39, 0.29) is 0 Å². The first kappa shape index (κ1) is 7.73. The average Bonchev–Trinajstić information content (AvgIpc) is 1.89. The van der Waals surface area contributed by atoms with Crippen LogP contribution in [0.3, 0.4) is 0 Å². The van der Waals surface area contributed by atoms with Gasteiger partial charge in [-0.15, -0.1) is 0 Å². The van der Waals surface area contributed by atoms with Crippen molar-refractivity contribution in [1.82, 2.24) is 0 Å². The summed E-state index contributed by atoms with van der Waals surface area (Å²) in [4.78, 5) is 3.93. The highest BCUT2D eigenvalue weighted by atomic mass is 16.5. The molecule has 10 heavy (non-hydrogen) atoms. The summed E-state index contributed by atoms with van der Waals surface area (Å²) in [5.41, 5.74) is 0.375. The van der Waals surface area contributed by atoms with E-state index in [2.05, 4.69) is 18.6 Å². The molecule has 0 aromatic carbocycles. The Kier molecular flexibility index (Phi) is 2.44. The molecule has 1 fully saturated rings.